The third-order valence-corrected chi connectivity index (χ3v) is 5.04. The number of alkyl halides is 1. The van der Waals surface area contributed by atoms with Crippen molar-refractivity contribution < 1.29 is 32.2 Å². The van der Waals surface area contributed by atoms with E-state index in [1.165, 1.54) is 12.1 Å². The van der Waals surface area contributed by atoms with Crippen molar-refractivity contribution in [2.24, 2.45) is 10.7 Å². The summed E-state index contributed by atoms with van der Waals surface area (Å²) in [6.45, 7) is 1.62. The summed E-state index contributed by atoms with van der Waals surface area (Å²) in [4.78, 5) is 24.3. The standard InChI is InChI=1S/C20H18F3N5O4/c1-11(21)7-31-16-6-25-15(5-26-16)17(29)27-12-2-3-14(22)13(4-12)20-10-30-8-19(20,23)9-32-18(24)28-20/h2-6H,1,7-10H2,(H2,24,28)(H,27,29). The Bertz CT molecular complexity index is 1100. The van der Waals surface area contributed by atoms with Crippen LogP contribution in [-0.2, 0) is 15.0 Å². The number of hydrogen-bond donors (Lipinski definition) is 2. The largest absolute Gasteiger partial charge is 0.469 e. The zero-order valence-electron chi connectivity index (χ0n) is 16.6. The van der Waals surface area contributed by atoms with E-state index in [2.05, 4.69) is 26.9 Å². The number of ether oxygens (including phenoxy) is 3. The summed E-state index contributed by atoms with van der Waals surface area (Å²) in [5.41, 5.74) is 1.68. The van der Waals surface area contributed by atoms with Gasteiger partial charge in [0.15, 0.2) is 11.2 Å². The monoisotopic (exact) mass is 449 g/mol. The molecule has 1 aromatic carbocycles. The Morgan fingerprint density at radius 1 is 1.28 bits per heavy atom. The molecule has 2 unspecified atom stereocenters. The van der Waals surface area contributed by atoms with Gasteiger partial charge in [0.1, 0.15) is 30.6 Å². The van der Waals surface area contributed by atoms with E-state index in [1.807, 2.05) is 0 Å². The van der Waals surface area contributed by atoms with Crippen molar-refractivity contribution in [2.75, 3.05) is 31.7 Å². The van der Waals surface area contributed by atoms with Crippen molar-refractivity contribution >= 4 is 17.6 Å². The maximum absolute atomic E-state index is 15.5. The lowest BCUT2D eigenvalue weighted by atomic mass is 9.78. The number of amidine groups is 1. The van der Waals surface area contributed by atoms with E-state index in [4.69, 9.17) is 19.9 Å². The normalized spacial score (nSPS) is 24.2. The van der Waals surface area contributed by atoms with Gasteiger partial charge in [0.2, 0.25) is 5.88 Å². The Labute approximate surface area is 180 Å². The zero-order valence-corrected chi connectivity index (χ0v) is 16.6. The van der Waals surface area contributed by atoms with Crippen molar-refractivity contribution in [3.8, 4) is 5.88 Å². The summed E-state index contributed by atoms with van der Waals surface area (Å²) >= 11 is 0. The fraction of sp³-hybridized carbons (Fsp3) is 0.300. The second-order valence-electron chi connectivity index (χ2n) is 7.25. The van der Waals surface area contributed by atoms with E-state index < -0.39 is 42.0 Å². The number of hydrogen-bond acceptors (Lipinski definition) is 8. The summed E-state index contributed by atoms with van der Waals surface area (Å²) in [6, 6.07) is 3.35. The molecule has 0 aliphatic carbocycles. The molecule has 168 valence electrons. The summed E-state index contributed by atoms with van der Waals surface area (Å²) in [5, 5.41) is 2.54. The van der Waals surface area contributed by atoms with Gasteiger partial charge in [-0.3, -0.25) is 4.79 Å². The number of rotatable bonds is 6. The third-order valence-electron chi connectivity index (χ3n) is 5.04. The first kappa shape index (κ1) is 21.6. The molecule has 0 saturated carbocycles. The Morgan fingerprint density at radius 2 is 2.09 bits per heavy atom. The van der Waals surface area contributed by atoms with Crippen LogP contribution in [0.15, 0.2) is 48.0 Å². The predicted molar refractivity (Wildman–Crippen MR) is 106 cm³/mol. The molecule has 3 N–H and O–H groups in total. The summed E-state index contributed by atoms with van der Waals surface area (Å²) < 4.78 is 58.2. The number of aliphatic imine (C=N–C) groups is 1. The minimum atomic E-state index is -2.13. The highest BCUT2D eigenvalue weighted by molar-refractivity contribution is 6.02. The summed E-state index contributed by atoms with van der Waals surface area (Å²) in [6.07, 6.45) is 2.26. The number of nitrogens with one attached hydrogen (secondary N) is 1. The van der Waals surface area contributed by atoms with Crippen LogP contribution in [0, 0.1) is 5.82 Å². The van der Waals surface area contributed by atoms with Crippen molar-refractivity contribution in [1.29, 1.82) is 0 Å². The molecule has 9 nitrogen and oxygen atoms in total. The molecule has 2 aliphatic rings. The van der Waals surface area contributed by atoms with Crippen LogP contribution in [0.2, 0.25) is 0 Å². The van der Waals surface area contributed by atoms with Crippen molar-refractivity contribution in [3.63, 3.8) is 0 Å². The number of aromatic nitrogens is 2. The minimum Gasteiger partial charge on any atom is -0.469 e. The van der Waals surface area contributed by atoms with Crippen molar-refractivity contribution in [2.45, 2.75) is 11.2 Å². The lowest BCUT2D eigenvalue weighted by Gasteiger charge is -2.38. The van der Waals surface area contributed by atoms with Crippen molar-refractivity contribution in [1.82, 2.24) is 9.97 Å². The zero-order chi connectivity index (χ0) is 22.9. The summed E-state index contributed by atoms with van der Waals surface area (Å²) in [7, 11) is 0. The predicted octanol–water partition coefficient (Wildman–Crippen LogP) is 2.01. The van der Waals surface area contributed by atoms with E-state index in [0.717, 1.165) is 18.5 Å². The molecule has 12 heteroatoms. The first-order valence-corrected chi connectivity index (χ1v) is 9.37. The first-order valence-electron chi connectivity index (χ1n) is 9.37. The molecule has 0 bridgehead atoms. The molecule has 2 atom stereocenters. The minimum absolute atomic E-state index is 0.000921. The number of nitrogens with zero attached hydrogens (tertiary/aromatic N) is 3. The molecule has 2 aliphatic heterocycles. The number of fused-ring (bicyclic) bond motifs is 1. The average molecular weight is 449 g/mol. The molecule has 1 saturated heterocycles. The maximum atomic E-state index is 15.5. The van der Waals surface area contributed by atoms with Crippen LogP contribution in [-0.4, -0.2) is 54.0 Å². The number of amides is 1. The Kier molecular flexibility index (Phi) is 5.46. The Morgan fingerprint density at radius 3 is 2.81 bits per heavy atom. The van der Waals surface area contributed by atoms with Gasteiger partial charge in [-0.05, 0) is 18.2 Å². The van der Waals surface area contributed by atoms with Crippen molar-refractivity contribution in [3.05, 3.63) is 60.1 Å². The van der Waals surface area contributed by atoms with Gasteiger partial charge >= 0.3 is 0 Å². The molecular formula is C20H18F3N5O4. The lowest BCUT2D eigenvalue weighted by Crippen LogP contribution is -2.55. The van der Waals surface area contributed by atoms with E-state index in [0.29, 0.717) is 0 Å². The smallest absolute Gasteiger partial charge is 0.283 e. The van der Waals surface area contributed by atoms with Crippen LogP contribution in [0.1, 0.15) is 16.1 Å². The fourth-order valence-electron chi connectivity index (χ4n) is 3.47. The molecule has 4 rings (SSSR count). The number of benzene rings is 1. The molecule has 0 spiro atoms. The fourth-order valence-corrected chi connectivity index (χ4v) is 3.47. The van der Waals surface area contributed by atoms with E-state index in [1.54, 1.807) is 0 Å². The molecule has 1 amide bonds. The topological polar surface area (TPSA) is 121 Å². The quantitative estimate of drug-likeness (QED) is 0.692. The highest BCUT2D eigenvalue weighted by Crippen LogP contribution is 2.48. The van der Waals surface area contributed by atoms with Gasteiger partial charge in [-0.2, -0.15) is 0 Å². The van der Waals surface area contributed by atoms with Crippen LogP contribution in [0.25, 0.3) is 0 Å². The van der Waals surface area contributed by atoms with Gasteiger partial charge in [0, 0.05) is 11.3 Å². The number of carbonyl (C=O) groups is 1. The summed E-state index contributed by atoms with van der Waals surface area (Å²) in [5.74, 6) is -2.11. The molecule has 32 heavy (non-hydrogen) atoms. The average Bonchev–Trinajstić information content (AvgIpc) is 3.11. The van der Waals surface area contributed by atoms with Crippen LogP contribution in [0.5, 0.6) is 5.88 Å². The number of anilines is 1. The van der Waals surface area contributed by atoms with E-state index >= 15 is 4.39 Å². The lowest BCUT2D eigenvalue weighted by molar-refractivity contribution is 0.00905. The molecule has 2 aromatic rings. The van der Waals surface area contributed by atoms with Crippen LogP contribution in [0.4, 0.5) is 18.9 Å². The molecule has 1 aromatic heterocycles. The Hall–Kier alpha value is -3.67. The maximum Gasteiger partial charge on any atom is 0.283 e. The second-order valence-corrected chi connectivity index (χ2v) is 7.25. The second kappa shape index (κ2) is 8.11. The van der Waals surface area contributed by atoms with Gasteiger partial charge in [-0.15, -0.1) is 0 Å². The number of carbonyl (C=O) groups excluding carboxylic acids is 1. The Balaban J connectivity index is 1.58. The highest BCUT2D eigenvalue weighted by Gasteiger charge is 2.62. The van der Waals surface area contributed by atoms with Crippen LogP contribution in [0.3, 0.4) is 0 Å². The highest BCUT2D eigenvalue weighted by atomic mass is 19.1. The van der Waals surface area contributed by atoms with Crippen LogP contribution >= 0.6 is 0 Å². The first-order chi connectivity index (χ1) is 15.2. The van der Waals surface area contributed by atoms with Crippen LogP contribution < -0.4 is 15.8 Å². The molecular weight excluding hydrogens is 431 g/mol. The molecule has 3 heterocycles. The van der Waals surface area contributed by atoms with Gasteiger partial charge in [-0.25, -0.2) is 28.1 Å². The number of halogens is 3. The van der Waals surface area contributed by atoms with Gasteiger partial charge in [-0.1, -0.05) is 6.58 Å². The SMILES string of the molecule is C=C(F)COc1cnc(C(=O)Nc2ccc(F)c(C34COCC3(F)COC(N)=N4)c2)cn1. The molecule has 0 radical (unpaired) electrons. The van der Waals surface area contributed by atoms with Gasteiger partial charge < -0.3 is 25.3 Å². The number of nitrogens with two attached hydrogens (primary N) is 1. The van der Waals surface area contributed by atoms with Gasteiger partial charge in [0.25, 0.3) is 11.9 Å². The van der Waals surface area contributed by atoms with E-state index in [-0.39, 0.29) is 42.1 Å². The van der Waals surface area contributed by atoms with Gasteiger partial charge in [0.05, 0.1) is 25.6 Å². The molecule has 1 fully saturated rings. The van der Waals surface area contributed by atoms with E-state index in [9.17, 15) is 13.6 Å². The third kappa shape index (κ3) is 3.84.